The van der Waals surface area contributed by atoms with Gasteiger partial charge in [0.2, 0.25) is 0 Å². The first-order chi connectivity index (χ1) is 13.7. The van der Waals surface area contributed by atoms with Gasteiger partial charge in [-0.1, -0.05) is 36.4 Å². The molecule has 1 fully saturated rings. The van der Waals surface area contributed by atoms with Crippen LogP contribution in [0.2, 0.25) is 0 Å². The van der Waals surface area contributed by atoms with E-state index in [1.54, 1.807) is 20.8 Å². The molecule has 1 aliphatic rings. The fraction of sp³-hybridized carbons (Fsp3) is 0.458. The molecule has 3 rings (SSSR count). The summed E-state index contributed by atoms with van der Waals surface area (Å²) < 4.78 is 35.1. The predicted molar refractivity (Wildman–Crippen MR) is 109 cm³/mol. The van der Waals surface area contributed by atoms with E-state index in [0.29, 0.717) is 19.5 Å². The van der Waals surface area contributed by atoms with Crippen molar-refractivity contribution in [2.75, 3.05) is 13.1 Å². The second kappa shape index (κ2) is 8.62. The van der Waals surface area contributed by atoms with Crippen LogP contribution in [0.3, 0.4) is 0 Å². The summed E-state index contributed by atoms with van der Waals surface area (Å²) in [6.45, 7) is 7.28. The van der Waals surface area contributed by atoms with E-state index in [2.05, 4.69) is 4.90 Å². The average Bonchev–Trinajstić information content (AvgIpc) is 2.61. The largest absolute Gasteiger partial charge is 0.460 e. The fourth-order valence-electron chi connectivity index (χ4n) is 4.30. The first kappa shape index (κ1) is 21.4. The Labute approximate surface area is 171 Å². The molecule has 0 amide bonds. The minimum Gasteiger partial charge on any atom is -0.460 e. The van der Waals surface area contributed by atoms with Gasteiger partial charge in [0.25, 0.3) is 0 Å². The molecule has 2 aromatic carbocycles. The molecule has 0 aliphatic carbocycles. The van der Waals surface area contributed by atoms with Gasteiger partial charge in [0, 0.05) is 24.1 Å². The normalized spacial score (nSPS) is 20.4. The zero-order valence-electron chi connectivity index (χ0n) is 17.4. The van der Waals surface area contributed by atoms with E-state index in [0.717, 1.165) is 18.5 Å². The van der Waals surface area contributed by atoms with Gasteiger partial charge in [0.15, 0.2) is 0 Å². The van der Waals surface area contributed by atoms with Crippen LogP contribution in [-0.4, -0.2) is 29.6 Å². The minimum absolute atomic E-state index is 0.00335. The van der Waals surface area contributed by atoms with Crippen LogP contribution < -0.4 is 0 Å². The summed E-state index contributed by atoms with van der Waals surface area (Å²) in [4.78, 5) is 14.9. The smallest absolute Gasteiger partial charge is 0.307 e. The van der Waals surface area contributed by atoms with Gasteiger partial charge in [-0.05, 0) is 57.9 Å². The first-order valence-electron chi connectivity index (χ1n) is 10.1. The van der Waals surface area contributed by atoms with Crippen molar-refractivity contribution in [3.05, 3.63) is 71.3 Å². The molecular formula is C24H29F2NO2. The van der Waals surface area contributed by atoms with E-state index >= 15 is 0 Å². The van der Waals surface area contributed by atoms with Gasteiger partial charge in [0.05, 0.1) is 6.42 Å². The number of nitrogens with zero attached hydrogens (tertiary/aromatic N) is 1. The highest BCUT2D eigenvalue weighted by atomic mass is 19.1. The molecule has 0 saturated carbocycles. The number of carbonyl (C=O) groups excluding carboxylic acids is 1. The Morgan fingerprint density at radius 2 is 1.72 bits per heavy atom. The number of hydrogen-bond acceptors (Lipinski definition) is 3. The lowest BCUT2D eigenvalue weighted by Gasteiger charge is -2.43. The molecule has 0 radical (unpaired) electrons. The van der Waals surface area contributed by atoms with Crippen molar-refractivity contribution >= 4 is 5.97 Å². The van der Waals surface area contributed by atoms with Crippen LogP contribution in [0.1, 0.15) is 51.2 Å². The highest BCUT2D eigenvalue weighted by molar-refractivity contribution is 5.72. The predicted octanol–water partition coefficient (Wildman–Crippen LogP) is 5.23. The summed E-state index contributed by atoms with van der Waals surface area (Å²) >= 11 is 0. The number of halogens is 2. The molecular weight excluding hydrogens is 372 g/mol. The maximum Gasteiger partial charge on any atom is 0.307 e. The Balaban J connectivity index is 1.93. The summed E-state index contributed by atoms with van der Waals surface area (Å²) in [5, 5.41) is 0. The Hall–Kier alpha value is -2.27. The van der Waals surface area contributed by atoms with E-state index in [1.165, 1.54) is 18.2 Å². The van der Waals surface area contributed by atoms with Crippen LogP contribution in [0.4, 0.5) is 8.78 Å². The van der Waals surface area contributed by atoms with Crippen molar-refractivity contribution < 1.29 is 18.3 Å². The number of hydrogen-bond donors (Lipinski definition) is 0. The molecule has 156 valence electrons. The van der Waals surface area contributed by atoms with Crippen LogP contribution in [0.5, 0.6) is 0 Å². The Kier molecular flexibility index (Phi) is 6.37. The van der Waals surface area contributed by atoms with E-state index in [-0.39, 0.29) is 12.0 Å². The third-order valence-corrected chi connectivity index (χ3v) is 5.30. The average molecular weight is 401 g/mol. The van der Waals surface area contributed by atoms with Crippen LogP contribution in [0, 0.1) is 11.6 Å². The standard InChI is InChI=1S/C24H29F2NO2/c1-23(2,3)29-21(28)15-24(22-19(25)11-7-12-20(22)26)13-8-14-27(17-24)16-18-9-5-4-6-10-18/h4-7,9-12H,8,13-17H2,1-3H3. The molecule has 1 atom stereocenters. The number of rotatable bonds is 5. The number of esters is 1. The van der Waals surface area contributed by atoms with Gasteiger partial charge in [-0.3, -0.25) is 9.69 Å². The van der Waals surface area contributed by atoms with Crippen molar-refractivity contribution in [1.29, 1.82) is 0 Å². The quantitative estimate of drug-likeness (QED) is 0.643. The Morgan fingerprint density at radius 3 is 2.34 bits per heavy atom. The molecule has 29 heavy (non-hydrogen) atoms. The Bertz CT molecular complexity index is 827. The van der Waals surface area contributed by atoms with Crippen molar-refractivity contribution in [3.63, 3.8) is 0 Å². The summed E-state index contributed by atoms with van der Waals surface area (Å²) in [7, 11) is 0. The second-order valence-electron chi connectivity index (χ2n) is 8.94. The molecule has 2 aromatic rings. The molecule has 0 N–H and O–H groups in total. The maximum atomic E-state index is 14.8. The van der Waals surface area contributed by atoms with Crippen LogP contribution in [-0.2, 0) is 21.5 Å². The topological polar surface area (TPSA) is 29.5 Å². The molecule has 3 nitrogen and oxygen atoms in total. The van der Waals surface area contributed by atoms with Crippen molar-refractivity contribution in [2.24, 2.45) is 0 Å². The Morgan fingerprint density at radius 1 is 1.07 bits per heavy atom. The minimum atomic E-state index is -0.954. The van der Waals surface area contributed by atoms with E-state index in [9.17, 15) is 13.6 Å². The second-order valence-corrected chi connectivity index (χ2v) is 8.94. The van der Waals surface area contributed by atoms with Crippen molar-refractivity contribution in [3.8, 4) is 0 Å². The third-order valence-electron chi connectivity index (χ3n) is 5.30. The zero-order chi connectivity index (χ0) is 21.1. The molecule has 1 saturated heterocycles. The third kappa shape index (κ3) is 5.41. The van der Waals surface area contributed by atoms with E-state index < -0.39 is 28.6 Å². The monoisotopic (exact) mass is 401 g/mol. The summed E-state index contributed by atoms with van der Waals surface area (Å²) in [5.41, 5.74) is -0.465. The number of carbonyl (C=O) groups is 1. The van der Waals surface area contributed by atoms with Gasteiger partial charge in [-0.15, -0.1) is 0 Å². The summed E-state index contributed by atoms with van der Waals surface area (Å²) in [5.74, 6) is -1.63. The van der Waals surface area contributed by atoms with Gasteiger partial charge >= 0.3 is 5.97 Å². The highest BCUT2D eigenvalue weighted by Crippen LogP contribution is 2.41. The highest BCUT2D eigenvalue weighted by Gasteiger charge is 2.43. The SMILES string of the molecule is CC(C)(C)OC(=O)CC1(c2c(F)cccc2F)CCCN(Cc2ccccc2)C1. The number of ether oxygens (including phenoxy) is 1. The first-order valence-corrected chi connectivity index (χ1v) is 10.1. The summed E-state index contributed by atoms with van der Waals surface area (Å²) in [6, 6.07) is 13.9. The zero-order valence-corrected chi connectivity index (χ0v) is 17.4. The molecule has 5 heteroatoms. The molecule has 1 unspecified atom stereocenters. The molecule has 0 bridgehead atoms. The van der Waals surface area contributed by atoms with Crippen LogP contribution >= 0.6 is 0 Å². The molecule has 0 aromatic heterocycles. The number of benzene rings is 2. The van der Waals surface area contributed by atoms with Gasteiger partial charge in [0.1, 0.15) is 17.2 Å². The molecule has 1 aliphatic heterocycles. The van der Waals surface area contributed by atoms with Gasteiger partial charge < -0.3 is 4.74 Å². The fourth-order valence-corrected chi connectivity index (χ4v) is 4.30. The lowest BCUT2D eigenvalue weighted by Crippen LogP contribution is -2.48. The van der Waals surface area contributed by atoms with Gasteiger partial charge in [-0.2, -0.15) is 0 Å². The number of likely N-dealkylation sites (tertiary alicyclic amines) is 1. The maximum absolute atomic E-state index is 14.8. The number of piperidine rings is 1. The van der Waals surface area contributed by atoms with Crippen LogP contribution in [0.15, 0.2) is 48.5 Å². The molecule has 1 heterocycles. The van der Waals surface area contributed by atoms with Crippen molar-refractivity contribution in [2.45, 2.75) is 57.6 Å². The lowest BCUT2D eigenvalue weighted by atomic mass is 9.71. The van der Waals surface area contributed by atoms with E-state index in [1.807, 2.05) is 30.3 Å². The summed E-state index contributed by atoms with van der Waals surface area (Å²) in [6.07, 6.45) is 1.24. The lowest BCUT2D eigenvalue weighted by molar-refractivity contribution is -0.157. The molecule has 0 spiro atoms. The van der Waals surface area contributed by atoms with E-state index in [4.69, 9.17) is 4.74 Å². The van der Waals surface area contributed by atoms with Gasteiger partial charge in [-0.25, -0.2) is 8.78 Å². The van der Waals surface area contributed by atoms with Crippen molar-refractivity contribution in [1.82, 2.24) is 4.90 Å². The van der Waals surface area contributed by atoms with Crippen LogP contribution in [0.25, 0.3) is 0 Å².